The number of tetrazole rings is 1. The molecule has 5 aromatic carbocycles. The molecule has 0 unspecified atom stereocenters. The molecule has 0 spiro atoms. The molecule has 0 saturated carbocycles. The number of rotatable bonds is 18. The lowest BCUT2D eigenvalue weighted by Gasteiger charge is -2.26. The average Bonchev–Trinajstić information content (AvgIpc) is 3.94. The third-order valence-electron chi connectivity index (χ3n) is 10.8. The molecular weight excluding hydrogens is 925 g/mol. The van der Waals surface area contributed by atoms with Gasteiger partial charge in [-0.2, -0.15) is 9.10 Å². The molecule has 0 aliphatic heterocycles. The molecule has 1 amide bonds. The largest absolute Gasteiger partial charge is 0.497 e. The molecule has 0 fully saturated rings. The average molecular weight is 981 g/mol. The lowest BCUT2D eigenvalue weighted by atomic mass is 9.98. The zero-order valence-corrected chi connectivity index (χ0v) is 42.2. The molecule has 0 radical (unpaired) electrons. The summed E-state index contributed by atoms with van der Waals surface area (Å²) in [6.07, 6.45) is -0.744. The van der Waals surface area contributed by atoms with E-state index in [9.17, 15) is 13.2 Å². The molecule has 0 aliphatic carbocycles. The fourth-order valence-electron chi connectivity index (χ4n) is 7.30. The van der Waals surface area contributed by atoms with Gasteiger partial charge in [0.25, 0.3) is 0 Å². The summed E-state index contributed by atoms with van der Waals surface area (Å²) in [5.41, 5.74) is 2.56. The Morgan fingerprint density at radius 3 is 1.84 bits per heavy atom. The van der Waals surface area contributed by atoms with Crippen molar-refractivity contribution in [3.8, 4) is 39.8 Å². The molecule has 7 aromatic rings. The molecule has 20 heteroatoms. The van der Waals surface area contributed by atoms with E-state index in [1.165, 1.54) is 29.4 Å². The van der Waals surface area contributed by atoms with E-state index in [4.69, 9.17) is 29.0 Å². The molecule has 2 aromatic heterocycles. The predicted octanol–water partition coefficient (Wildman–Crippen LogP) is 8.81. The number of aromatic nitrogens is 6. The van der Waals surface area contributed by atoms with Gasteiger partial charge in [-0.25, -0.2) is 26.6 Å². The number of anilines is 1. The van der Waals surface area contributed by atoms with E-state index >= 15 is 8.42 Å². The minimum atomic E-state index is -4.87. The Hall–Kier alpha value is -6.61. The fraction of sp³-hybridized carbons (Fsp3) is 0.312. The van der Waals surface area contributed by atoms with Crippen LogP contribution >= 0.6 is 0 Å². The zero-order valence-electron chi connectivity index (χ0n) is 39.5. The molecule has 0 atom stereocenters. The van der Waals surface area contributed by atoms with Crippen LogP contribution in [0.1, 0.15) is 37.5 Å². The van der Waals surface area contributed by atoms with E-state index in [-0.39, 0.29) is 48.3 Å². The highest BCUT2D eigenvalue weighted by Gasteiger charge is 2.38. The number of ether oxygens (including phenoxy) is 4. The number of methoxy groups -OCH3 is 3. The van der Waals surface area contributed by atoms with Crippen LogP contribution in [0.25, 0.3) is 33.5 Å². The van der Waals surface area contributed by atoms with Gasteiger partial charge in [0.15, 0.2) is 9.84 Å². The molecule has 0 saturated heterocycles. The quantitative estimate of drug-likeness (QED) is 0.0771. The number of aromatic amines is 1. The number of sulfonamides is 1. The summed E-state index contributed by atoms with van der Waals surface area (Å²) < 4.78 is 85.0. The van der Waals surface area contributed by atoms with Crippen molar-refractivity contribution in [3.05, 3.63) is 120 Å². The first kappa shape index (κ1) is 49.3. The van der Waals surface area contributed by atoms with Crippen LogP contribution < -0.4 is 19.5 Å². The van der Waals surface area contributed by atoms with Gasteiger partial charge in [0.1, 0.15) is 27.7 Å². The molecule has 7 rings (SSSR count). The number of hydrogen-bond acceptors (Lipinski definition) is 13. The SMILES string of the molecule is COc1ccc(CN(Cc2ccc(OC)cc2)S(=O)(=O)c2c(S(=O)(=O)CC[Si](C)(C)C)ccc(-c3cccc4[nH]c(NC(=O)OC(C)(C)C)nc34)c2-c2nnn(Cc3ccc(OC)cc3)n2)cc1. The molecular formula is C48H56N8O9S2Si. The van der Waals surface area contributed by atoms with Crippen LogP contribution in [-0.4, -0.2) is 98.2 Å². The Bertz CT molecular complexity index is 3080. The number of para-hydroxylation sites is 1. The number of nitrogens with one attached hydrogen (secondary N) is 2. The van der Waals surface area contributed by atoms with Crippen LogP contribution in [0.4, 0.5) is 10.7 Å². The monoisotopic (exact) mass is 980 g/mol. The molecule has 17 nitrogen and oxygen atoms in total. The van der Waals surface area contributed by atoms with Gasteiger partial charge in [0.2, 0.25) is 21.8 Å². The number of benzene rings is 5. The number of hydrogen-bond donors (Lipinski definition) is 2. The summed E-state index contributed by atoms with van der Waals surface area (Å²) in [6, 6.07) is 29.7. The van der Waals surface area contributed by atoms with Gasteiger partial charge in [0.05, 0.1) is 55.1 Å². The third-order valence-corrected chi connectivity index (χ3v) is 16.7. The van der Waals surface area contributed by atoms with Crippen molar-refractivity contribution in [2.24, 2.45) is 0 Å². The fourth-order valence-corrected chi connectivity index (χ4v) is 14.1. The summed E-state index contributed by atoms with van der Waals surface area (Å²) in [5.74, 6) is 1.42. The minimum Gasteiger partial charge on any atom is -0.497 e. The maximum atomic E-state index is 16.1. The number of imidazole rings is 1. The summed E-state index contributed by atoms with van der Waals surface area (Å²) in [7, 11) is -6.55. The summed E-state index contributed by atoms with van der Waals surface area (Å²) in [4.78, 5) is 21.1. The molecule has 2 heterocycles. The van der Waals surface area contributed by atoms with E-state index in [1.54, 1.807) is 113 Å². The lowest BCUT2D eigenvalue weighted by Crippen LogP contribution is -2.32. The molecule has 0 bridgehead atoms. The highest BCUT2D eigenvalue weighted by atomic mass is 32.2. The second kappa shape index (κ2) is 19.9. The van der Waals surface area contributed by atoms with E-state index in [0.29, 0.717) is 51.0 Å². The Morgan fingerprint density at radius 2 is 1.31 bits per heavy atom. The summed E-state index contributed by atoms with van der Waals surface area (Å²) in [5, 5.41) is 16.3. The number of carbonyl (C=O) groups is 1. The van der Waals surface area contributed by atoms with E-state index in [0.717, 1.165) is 5.56 Å². The van der Waals surface area contributed by atoms with Crippen molar-refractivity contribution in [3.63, 3.8) is 0 Å². The van der Waals surface area contributed by atoms with Gasteiger partial charge in [-0.05, 0) is 103 Å². The van der Waals surface area contributed by atoms with Gasteiger partial charge < -0.3 is 23.9 Å². The maximum Gasteiger partial charge on any atom is 0.414 e. The van der Waals surface area contributed by atoms with Crippen molar-refractivity contribution in [1.82, 2.24) is 34.5 Å². The van der Waals surface area contributed by atoms with Gasteiger partial charge in [-0.15, -0.1) is 10.2 Å². The number of carbonyl (C=O) groups excluding carboxylic acids is 1. The van der Waals surface area contributed by atoms with Crippen molar-refractivity contribution >= 4 is 51.0 Å². The Morgan fingerprint density at radius 1 is 0.750 bits per heavy atom. The van der Waals surface area contributed by atoms with Crippen LogP contribution in [0.2, 0.25) is 25.7 Å². The first-order chi connectivity index (χ1) is 32.2. The molecule has 68 heavy (non-hydrogen) atoms. The summed E-state index contributed by atoms with van der Waals surface area (Å²) >= 11 is 0. The van der Waals surface area contributed by atoms with Crippen molar-refractivity contribution in [1.29, 1.82) is 0 Å². The second-order valence-corrected chi connectivity index (χ2v) is 27.9. The normalized spacial score (nSPS) is 12.3. The van der Waals surface area contributed by atoms with Gasteiger partial charge in [-0.3, -0.25) is 5.32 Å². The lowest BCUT2D eigenvalue weighted by molar-refractivity contribution is 0.0634. The van der Waals surface area contributed by atoms with E-state index < -0.39 is 49.4 Å². The number of nitrogens with zero attached hydrogens (tertiary/aromatic N) is 6. The Labute approximate surface area is 397 Å². The smallest absolute Gasteiger partial charge is 0.414 e. The van der Waals surface area contributed by atoms with E-state index in [1.807, 2.05) is 12.1 Å². The van der Waals surface area contributed by atoms with Gasteiger partial charge in [0, 0.05) is 26.7 Å². The standard InChI is InChI=1S/C48H56N8O9S2Si/c1-48(2,3)65-47(57)51-46-49-40-12-10-11-39(43(40)50-46)38-25-26-41(66(58,59)27-28-68(7,8)9)44(42(38)45-52-54-56(53-45)31-34-17-23-37(64-6)24-18-34)67(60,61)55(29-32-13-19-35(62-4)20-14-32)30-33-15-21-36(63-5)22-16-33/h10-26H,27-31H2,1-9H3,(H2,49,50,51,57). The van der Waals surface area contributed by atoms with Crippen LogP contribution in [0.15, 0.2) is 113 Å². The van der Waals surface area contributed by atoms with Crippen molar-refractivity contribution in [2.45, 2.75) is 81.5 Å². The summed E-state index contributed by atoms with van der Waals surface area (Å²) in [6.45, 7) is 11.2. The third kappa shape index (κ3) is 11.7. The van der Waals surface area contributed by atoms with Crippen LogP contribution in [0, 0.1) is 0 Å². The highest BCUT2D eigenvalue weighted by molar-refractivity contribution is 7.93. The highest BCUT2D eigenvalue weighted by Crippen LogP contribution is 2.43. The first-order valence-electron chi connectivity index (χ1n) is 21.7. The van der Waals surface area contributed by atoms with Gasteiger partial charge >= 0.3 is 6.09 Å². The first-order valence-corrected chi connectivity index (χ1v) is 28.5. The molecule has 2 N–H and O–H groups in total. The van der Waals surface area contributed by atoms with Crippen molar-refractivity contribution in [2.75, 3.05) is 32.4 Å². The van der Waals surface area contributed by atoms with Crippen molar-refractivity contribution < 1.29 is 40.6 Å². The number of amides is 1. The minimum absolute atomic E-state index is 0.0651. The van der Waals surface area contributed by atoms with Gasteiger partial charge in [-0.1, -0.05) is 74.2 Å². The topological polar surface area (TPSA) is 210 Å². The Balaban J connectivity index is 1.51. The van der Waals surface area contributed by atoms with Crippen LogP contribution in [0.3, 0.4) is 0 Å². The van der Waals surface area contributed by atoms with Crippen LogP contribution in [-0.2, 0) is 44.2 Å². The zero-order chi connectivity index (χ0) is 49.0. The molecule has 0 aliphatic rings. The maximum absolute atomic E-state index is 16.1. The van der Waals surface area contributed by atoms with Crippen LogP contribution in [0.5, 0.6) is 17.2 Å². The number of H-pyrrole nitrogens is 1. The Kier molecular flexibility index (Phi) is 14.4. The van der Waals surface area contributed by atoms with E-state index in [2.05, 4.69) is 40.3 Å². The second-order valence-electron chi connectivity index (χ2n) is 18.3. The molecule has 358 valence electrons. The number of fused-ring (bicyclic) bond motifs is 1. The number of sulfone groups is 1. The predicted molar refractivity (Wildman–Crippen MR) is 263 cm³/mol.